The molecule has 0 radical (unpaired) electrons. The Kier molecular flexibility index (Phi) is 67.1. The fourth-order valence-corrected chi connectivity index (χ4v) is 13.0. The Balaban J connectivity index is 5.25. The maximum absolute atomic E-state index is 13.1. The number of phosphoric ester groups is 2. The zero-order valence-electron chi connectivity index (χ0n) is 60.2. The summed E-state index contributed by atoms with van der Waals surface area (Å²) in [5, 5.41) is 10.6. The van der Waals surface area contributed by atoms with E-state index < -0.39 is 97.5 Å². The quantitative estimate of drug-likeness (QED) is 0.0222. The molecule has 19 heteroatoms. The fraction of sp³-hybridized carbons (Fsp3) is 0.946. The van der Waals surface area contributed by atoms with E-state index in [1.54, 1.807) is 0 Å². The van der Waals surface area contributed by atoms with Crippen LogP contribution >= 0.6 is 15.6 Å². The van der Waals surface area contributed by atoms with E-state index in [9.17, 15) is 43.2 Å². The van der Waals surface area contributed by atoms with Crippen molar-refractivity contribution < 1.29 is 80.2 Å². The molecule has 0 rings (SSSR count). The van der Waals surface area contributed by atoms with E-state index in [-0.39, 0.29) is 25.7 Å². The van der Waals surface area contributed by atoms with E-state index in [4.69, 9.17) is 37.0 Å². The van der Waals surface area contributed by atoms with E-state index in [1.807, 2.05) is 0 Å². The second-order valence-electron chi connectivity index (χ2n) is 26.7. The van der Waals surface area contributed by atoms with Crippen LogP contribution in [0.15, 0.2) is 0 Å². The molecule has 5 atom stereocenters. The highest BCUT2D eigenvalue weighted by Crippen LogP contribution is 2.45. The van der Waals surface area contributed by atoms with Crippen LogP contribution in [0.3, 0.4) is 0 Å². The van der Waals surface area contributed by atoms with Crippen LogP contribution in [-0.2, 0) is 65.4 Å². The molecule has 2 unspecified atom stereocenters. The molecule has 0 aromatic heterocycles. The Morgan fingerprint density at radius 3 is 0.634 bits per heavy atom. The second kappa shape index (κ2) is 68.6. The number of hydrogen-bond acceptors (Lipinski definition) is 15. The van der Waals surface area contributed by atoms with E-state index in [0.29, 0.717) is 25.7 Å². The van der Waals surface area contributed by atoms with Crippen LogP contribution in [0.1, 0.15) is 394 Å². The second-order valence-corrected chi connectivity index (χ2v) is 29.6. The average molecular weight is 1370 g/mol. The van der Waals surface area contributed by atoms with Crippen LogP contribution in [0, 0.1) is 0 Å². The summed E-state index contributed by atoms with van der Waals surface area (Å²) in [6, 6.07) is 0. The molecule has 0 heterocycles. The van der Waals surface area contributed by atoms with Gasteiger partial charge < -0.3 is 33.8 Å². The van der Waals surface area contributed by atoms with Gasteiger partial charge in [0.25, 0.3) is 0 Å². The van der Waals surface area contributed by atoms with Crippen LogP contribution in [-0.4, -0.2) is 96.7 Å². The molecule has 0 bridgehead atoms. The molecular formula is C74H144O17P2. The number of esters is 4. The van der Waals surface area contributed by atoms with Crippen molar-refractivity contribution in [3.63, 3.8) is 0 Å². The normalized spacial score (nSPS) is 13.9. The Labute approximate surface area is 568 Å². The van der Waals surface area contributed by atoms with Gasteiger partial charge in [-0.3, -0.25) is 37.3 Å². The lowest BCUT2D eigenvalue weighted by Crippen LogP contribution is -2.30. The first-order valence-electron chi connectivity index (χ1n) is 38.8. The molecule has 0 saturated heterocycles. The Hall–Kier alpha value is -1.94. The number of aliphatic hydroxyl groups excluding tert-OH is 1. The van der Waals surface area contributed by atoms with Crippen molar-refractivity contribution in [2.24, 2.45) is 0 Å². The number of ether oxygens (including phenoxy) is 4. The molecule has 0 aliphatic heterocycles. The van der Waals surface area contributed by atoms with Crippen molar-refractivity contribution in [3.8, 4) is 0 Å². The third kappa shape index (κ3) is 68.4. The van der Waals surface area contributed by atoms with Crippen molar-refractivity contribution in [1.82, 2.24) is 0 Å². The lowest BCUT2D eigenvalue weighted by Gasteiger charge is -2.21. The predicted octanol–water partition coefficient (Wildman–Crippen LogP) is 21.8. The average Bonchev–Trinajstić information content (AvgIpc) is 3.55. The standard InChI is InChI=1S/C74H144O17P2/c1-5-9-13-17-21-25-29-33-34-35-37-41-45-49-53-57-61-74(79)91-70(65-85-72(77)59-55-51-47-43-40-36-30-26-22-18-14-10-6-2)67-89-93(82,83)87-63-68(75)62-86-92(80,81)88-66-69(90-73(78)60-56-52-48-44-39-32-28-24-20-16-12-8-4)64-84-71(76)58-54-50-46-42-38-31-27-23-19-15-11-7-3/h68-70,75H,5-67H2,1-4H3,(H,80,81)(H,82,83)/t68-,69+,70+/m0/s1. The number of hydrogen-bond donors (Lipinski definition) is 3. The van der Waals surface area contributed by atoms with Gasteiger partial charge in [0.05, 0.1) is 26.4 Å². The molecule has 552 valence electrons. The van der Waals surface area contributed by atoms with Crippen molar-refractivity contribution >= 4 is 39.5 Å². The van der Waals surface area contributed by atoms with Gasteiger partial charge in [-0.15, -0.1) is 0 Å². The molecule has 0 aliphatic rings. The number of aliphatic hydroxyl groups is 1. The summed E-state index contributed by atoms with van der Waals surface area (Å²) in [5.74, 6) is -2.11. The van der Waals surface area contributed by atoms with Crippen molar-refractivity contribution in [1.29, 1.82) is 0 Å². The van der Waals surface area contributed by atoms with Crippen molar-refractivity contribution in [2.45, 2.75) is 412 Å². The first-order valence-corrected chi connectivity index (χ1v) is 41.8. The molecule has 17 nitrogen and oxygen atoms in total. The molecule has 93 heavy (non-hydrogen) atoms. The van der Waals surface area contributed by atoms with Gasteiger partial charge >= 0.3 is 39.5 Å². The summed E-state index contributed by atoms with van der Waals surface area (Å²) >= 11 is 0. The van der Waals surface area contributed by atoms with Gasteiger partial charge in [0, 0.05) is 25.7 Å². The summed E-state index contributed by atoms with van der Waals surface area (Å²) in [7, 11) is -9.90. The molecule has 0 aliphatic carbocycles. The maximum Gasteiger partial charge on any atom is 0.472 e. The molecule has 3 N–H and O–H groups in total. The SMILES string of the molecule is CCCCCCCCCCCCCCCCCCC(=O)O[C@H](COC(=O)CCCCCCCCCCCCCCC)COP(=O)(O)OC[C@@H](O)COP(=O)(O)OC[C@@H](COC(=O)CCCCCCCCCCCCCC)OC(=O)CCCCCCCCCCCCCC. The van der Waals surface area contributed by atoms with E-state index in [1.165, 1.54) is 225 Å². The number of phosphoric acid groups is 2. The first-order chi connectivity index (χ1) is 45.2. The van der Waals surface area contributed by atoms with Gasteiger partial charge in [-0.25, -0.2) is 9.13 Å². The number of rotatable bonds is 75. The molecule has 0 spiro atoms. The van der Waals surface area contributed by atoms with Gasteiger partial charge in [-0.2, -0.15) is 0 Å². The highest BCUT2D eigenvalue weighted by molar-refractivity contribution is 7.47. The highest BCUT2D eigenvalue weighted by atomic mass is 31.2. The summed E-state index contributed by atoms with van der Waals surface area (Å²) in [6.07, 6.45) is 58.0. The van der Waals surface area contributed by atoms with Crippen LogP contribution in [0.5, 0.6) is 0 Å². The molecule has 0 aromatic rings. The lowest BCUT2D eigenvalue weighted by atomic mass is 10.0. The molecule has 0 aromatic carbocycles. The van der Waals surface area contributed by atoms with Crippen LogP contribution in [0.2, 0.25) is 0 Å². The number of unbranched alkanes of at least 4 members (excludes halogenated alkanes) is 49. The molecule has 0 fully saturated rings. The minimum Gasteiger partial charge on any atom is -0.462 e. The largest absolute Gasteiger partial charge is 0.472 e. The van der Waals surface area contributed by atoms with E-state index >= 15 is 0 Å². The summed E-state index contributed by atoms with van der Waals surface area (Å²) in [5.41, 5.74) is 0. The molecular weight excluding hydrogens is 1220 g/mol. The van der Waals surface area contributed by atoms with Crippen LogP contribution in [0.25, 0.3) is 0 Å². The van der Waals surface area contributed by atoms with Gasteiger partial charge in [0.1, 0.15) is 19.3 Å². The van der Waals surface area contributed by atoms with Gasteiger partial charge in [-0.05, 0) is 25.7 Å². The lowest BCUT2D eigenvalue weighted by molar-refractivity contribution is -0.161. The van der Waals surface area contributed by atoms with Gasteiger partial charge in [-0.1, -0.05) is 342 Å². The number of carbonyl (C=O) groups is 4. The summed E-state index contributed by atoms with van der Waals surface area (Å²) < 4.78 is 68.5. The van der Waals surface area contributed by atoms with E-state index in [2.05, 4.69) is 27.7 Å². The number of carbonyl (C=O) groups excluding carboxylic acids is 4. The predicted molar refractivity (Wildman–Crippen MR) is 377 cm³/mol. The third-order valence-electron chi connectivity index (χ3n) is 17.4. The summed E-state index contributed by atoms with van der Waals surface area (Å²) in [4.78, 5) is 72.7. The first kappa shape index (κ1) is 91.1. The van der Waals surface area contributed by atoms with Crippen molar-refractivity contribution in [3.05, 3.63) is 0 Å². The summed E-state index contributed by atoms with van der Waals surface area (Å²) in [6.45, 7) is 4.99. The minimum absolute atomic E-state index is 0.108. The monoisotopic (exact) mass is 1370 g/mol. The third-order valence-corrected chi connectivity index (χ3v) is 19.3. The van der Waals surface area contributed by atoms with Gasteiger partial charge in [0.2, 0.25) is 0 Å². The topological polar surface area (TPSA) is 237 Å². The van der Waals surface area contributed by atoms with Gasteiger partial charge in [0.15, 0.2) is 12.2 Å². The zero-order chi connectivity index (χ0) is 68.2. The Morgan fingerprint density at radius 2 is 0.430 bits per heavy atom. The van der Waals surface area contributed by atoms with E-state index in [0.717, 1.165) is 89.9 Å². The van der Waals surface area contributed by atoms with Crippen LogP contribution in [0.4, 0.5) is 0 Å². The Bertz CT molecular complexity index is 1770. The molecule has 0 amide bonds. The van der Waals surface area contributed by atoms with Crippen LogP contribution < -0.4 is 0 Å². The molecule has 0 saturated carbocycles. The zero-order valence-corrected chi connectivity index (χ0v) is 62.0. The highest BCUT2D eigenvalue weighted by Gasteiger charge is 2.30. The minimum atomic E-state index is -4.95. The fourth-order valence-electron chi connectivity index (χ4n) is 11.4. The maximum atomic E-state index is 13.1. The Morgan fingerprint density at radius 1 is 0.258 bits per heavy atom. The van der Waals surface area contributed by atoms with Crippen molar-refractivity contribution in [2.75, 3.05) is 39.6 Å². The smallest absolute Gasteiger partial charge is 0.462 e.